The molecule has 0 saturated carbocycles. The topological polar surface area (TPSA) is 0 Å². The summed E-state index contributed by atoms with van der Waals surface area (Å²) in [5.41, 5.74) is 5.42. The molecule has 2 aromatic rings. The zero-order chi connectivity index (χ0) is 13.1. The van der Waals surface area contributed by atoms with Crippen molar-refractivity contribution < 1.29 is 0 Å². The molecule has 0 aliphatic rings. The summed E-state index contributed by atoms with van der Waals surface area (Å²) in [4.78, 5) is 0.381. The molecule has 0 aromatic heterocycles. The minimum Gasteiger partial charge on any atom is -0.0835 e. The lowest BCUT2D eigenvalue weighted by Gasteiger charge is -2.14. The Morgan fingerprint density at radius 3 is 2.39 bits per heavy atom. The van der Waals surface area contributed by atoms with Crippen LogP contribution in [0.2, 0.25) is 0 Å². The Labute approximate surface area is 131 Å². The molecule has 0 aliphatic carbocycles. The molecule has 0 N–H and O–H groups in total. The molecule has 0 bridgehead atoms. The standard InChI is InChI=1S/C16H16BrI/c1-11-6-8-13(9-7-11)10-15(17)14-5-3-4-12(2)16(14)18/h3-9,15H,10H2,1-2H3. The fourth-order valence-electron chi connectivity index (χ4n) is 1.95. The first kappa shape index (κ1) is 14.1. The van der Waals surface area contributed by atoms with Crippen LogP contribution in [-0.2, 0) is 6.42 Å². The van der Waals surface area contributed by atoms with Gasteiger partial charge in [-0.25, -0.2) is 0 Å². The van der Waals surface area contributed by atoms with E-state index < -0.39 is 0 Å². The maximum atomic E-state index is 3.82. The number of hydrogen-bond donors (Lipinski definition) is 0. The molecule has 2 rings (SSSR count). The fraction of sp³-hybridized carbons (Fsp3) is 0.250. The molecule has 1 unspecified atom stereocenters. The van der Waals surface area contributed by atoms with Crippen molar-refractivity contribution in [1.82, 2.24) is 0 Å². The molecule has 2 aromatic carbocycles. The van der Waals surface area contributed by atoms with E-state index in [0.29, 0.717) is 4.83 Å². The van der Waals surface area contributed by atoms with Gasteiger partial charge in [-0.3, -0.25) is 0 Å². The Kier molecular flexibility index (Phi) is 4.84. The van der Waals surface area contributed by atoms with Crippen LogP contribution in [0.15, 0.2) is 42.5 Å². The Morgan fingerprint density at radius 1 is 1.06 bits per heavy atom. The van der Waals surface area contributed by atoms with Crippen molar-refractivity contribution in [3.8, 4) is 0 Å². The van der Waals surface area contributed by atoms with Crippen LogP contribution in [0.5, 0.6) is 0 Å². The van der Waals surface area contributed by atoms with Crippen LogP contribution < -0.4 is 0 Å². The number of alkyl halides is 1. The van der Waals surface area contributed by atoms with E-state index in [1.807, 2.05) is 0 Å². The molecule has 0 amide bonds. The molecule has 0 aliphatic heterocycles. The number of aryl methyl sites for hydroxylation is 2. The van der Waals surface area contributed by atoms with Gasteiger partial charge in [0.2, 0.25) is 0 Å². The second-order valence-corrected chi connectivity index (χ2v) is 6.82. The third kappa shape index (κ3) is 3.35. The maximum Gasteiger partial charge on any atom is 0.0446 e. The van der Waals surface area contributed by atoms with Crippen LogP contribution in [0.25, 0.3) is 0 Å². The Hall–Kier alpha value is -0.350. The summed E-state index contributed by atoms with van der Waals surface area (Å²) < 4.78 is 1.36. The van der Waals surface area contributed by atoms with Gasteiger partial charge in [-0.2, -0.15) is 0 Å². The Balaban J connectivity index is 2.19. The average molecular weight is 415 g/mol. The molecule has 1 atom stereocenters. The summed E-state index contributed by atoms with van der Waals surface area (Å²) in [6, 6.07) is 15.3. The first-order valence-corrected chi connectivity index (χ1v) is 8.02. The number of hydrogen-bond acceptors (Lipinski definition) is 0. The number of rotatable bonds is 3. The molecule has 0 spiro atoms. The van der Waals surface area contributed by atoms with Gasteiger partial charge in [0.05, 0.1) is 0 Å². The highest BCUT2D eigenvalue weighted by Gasteiger charge is 2.12. The zero-order valence-electron chi connectivity index (χ0n) is 10.6. The van der Waals surface area contributed by atoms with E-state index in [0.717, 1.165) is 6.42 Å². The molecule has 0 fully saturated rings. The molecular weight excluding hydrogens is 399 g/mol. The van der Waals surface area contributed by atoms with Gasteiger partial charge in [0.25, 0.3) is 0 Å². The van der Waals surface area contributed by atoms with Crippen molar-refractivity contribution in [2.75, 3.05) is 0 Å². The highest BCUT2D eigenvalue weighted by molar-refractivity contribution is 14.1. The maximum absolute atomic E-state index is 3.82. The third-order valence-electron chi connectivity index (χ3n) is 3.09. The first-order chi connectivity index (χ1) is 8.58. The molecular formula is C16H16BrI. The van der Waals surface area contributed by atoms with Crippen LogP contribution >= 0.6 is 38.5 Å². The van der Waals surface area contributed by atoms with E-state index in [4.69, 9.17) is 0 Å². The molecule has 18 heavy (non-hydrogen) atoms. The van der Waals surface area contributed by atoms with Crippen molar-refractivity contribution in [2.24, 2.45) is 0 Å². The summed E-state index contributed by atoms with van der Waals surface area (Å²) in [7, 11) is 0. The lowest BCUT2D eigenvalue weighted by atomic mass is 10.0. The fourth-order valence-corrected chi connectivity index (χ4v) is 3.87. The van der Waals surface area contributed by atoms with Crippen LogP contribution in [0.3, 0.4) is 0 Å². The number of halogens is 2. The predicted molar refractivity (Wildman–Crippen MR) is 90.4 cm³/mol. The van der Waals surface area contributed by atoms with E-state index in [2.05, 4.69) is 94.8 Å². The van der Waals surface area contributed by atoms with Gasteiger partial charge in [0.1, 0.15) is 0 Å². The van der Waals surface area contributed by atoms with E-state index in [9.17, 15) is 0 Å². The van der Waals surface area contributed by atoms with Gasteiger partial charge in [0, 0.05) is 8.40 Å². The smallest absolute Gasteiger partial charge is 0.0446 e. The summed E-state index contributed by atoms with van der Waals surface area (Å²) in [5.74, 6) is 0. The van der Waals surface area contributed by atoms with Gasteiger partial charge in [-0.15, -0.1) is 0 Å². The summed E-state index contributed by atoms with van der Waals surface area (Å²) >= 11 is 6.26. The van der Waals surface area contributed by atoms with Crippen molar-refractivity contribution in [3.05, 3.63) is 68.3 Å². The quantitative estimate of drug-likeness (QED) is 0.453. The lowest BCUT2D eigenvalue weighted by Crippen LogP contribution is -1.99. The SMILES string of the molecule is Cc1ccc(CC(Br)c2cccc(C)c2I)cc1. The monoisotopic (exact) mass is 414 g/mol. The first-order valence-electron chi connectivity index (χ1n) is 6.02. The van der Waals surface area contributed by atoms with E-state index in [1.165, 1.54) is 25.8 Å². The second-order valence-electron chi connectivity index (χ2n) is 4.64. The zero-order valence-corrected chi connectivity index (χ0v) is 14.3. The number of benzene rings is 2. The molecule has 0 saturated heterocycles. The molecule has 0 heterocycles. The average Bonchev–Trinajstić information content (AvgIpc) is 2.35. The Morgan fingerprint density at radius 2 is 1.72 bits per heavy atom. The van der Waals surface area contributed by atoms with Gasteiger partial charge >= 0.3 is 0 Å². The van der Waals surface area contributed by atoms with Gasteiger partial charge in [0.15, 0.2) is 0 Å². The minimum atomic E-state index is 0.381. The lowest BCUT2D eigenvalue weighted by molar-refractivity contribution is 0.939. The third-order valence-corrected chi connectivity index (χ3v) is 5.39. The summed E-state index contributed by atoms with van der Waals surface area (Å²) in [6.45, 7) is 4.29. The van der Waals surface area contributed by atoms with Crippen LogP contribution in [-0.4, -0.2) is 0 Å². The van der Waals surface area contributed by atoms with Crippen molar-refractivity contribution in [1.29, 1.82) is 0 Å². The van der Waals surface area contributed by atoms with Gasteiger partial charge in [-0.05, 0) is 59.5 Å². The van der Waals surface area contributed by atoms with Gasteiger partial charge in [-0.1, -0.05) is 64.0 Å². The minimum absolute atomic E-state index is 0.381. The van der Waals surface area contributed by atoms with Crippen molar-refractivity contribution >= 4 is 38.5 Å². The van der Waals surface area contributed by atoms with Crippen LogP contribution in [0, 0.1) is 17.4 Å². The summed E-state index contributed by atoms with van der Waals surface area (Å²) in [6.07, 6.45) is 1.03. The Bertz CT molecular complexity index is 531. The predicted octanol–water partition coefficient (Wildman–Crippen LogP) is 5.59. The van der Waals surface area contributed by atoms with Crippen LogP contribution in [0.1, 0.15) is 27.1 Å². The second kappa shape index (κ2) is 6.20. The molecule has 0 nitrogen and oxygen atoms in total. The van der Waals surface area contributed by atoms with E-state index in [-0.39, 0.29) is 0 Å². The largest absolute Gasteiger partial charge is 0.0835 e. The highest BCUT2D eigenvalue weighted by atomic mass is 127. The van der Waals surface area contributed by atoms with E-state index in [1.54, 1.807) is 0 Å². The normalized spacial score (nSPS) is 12.4. The highest BCUT2D eigenvalue weighted by Crippen LogP contribution is 2.31. The van der Waals surface area contributed by atoms with Crippen molar-refractivity contribution in [3.63, 3.8) is 0 Å². The molecule has 94 valence electrons. The summed E-state index contributed by atoms with van der Waals surface area (Å²) in [5, 5.41) is 0. The molecule has 2 heteroatoms. The van der Waals surface area contributed by atoms with Crippen molar-refractivity contribution in [2.45, 2.75) is 25.1 Å². The van der Waals surface area contributed by atoms with E-state index >= 15 is 0 Å². The van der Waals surface area contributed by atoms with Crippen LogP contribution in [0.4, 0.5) is 0 Å². The van der Waals surface area contributed by atoms with Gasteiger partial charge < -0.3 is 0 Å². The molecule has 0 radical (unpaired) electrons.